The molecule has 1 saturated heterocycles. The Bertz CT molecular complexity index is 980. The molecule has 0 spiro atoms. The normalized spacial score (nSPS) is 24.0. The number of hydrogen-bond acceptors (Lipinski definition) is 3. The van der Waals surface area contributed by atoms with Gasteiger partial charge >= 0.3 is 0 Å². The molecule has 2 atom stereocenters. The highest BCUT2D eigenvalue weighted by atomic mass is 16.2. The van der Waals surface area contributed by atoms with Gasteiger partial charge in [0, 0.05) is 25.8 Å². The average molecular weight is 346 g/mol. The molecule has 5 nitrogen and oxygen atoms in total. The van der Waals surface area contributed by atoms with Crippen molar-refractivity contribution in [2.45, 2.75) is 26.3 Å². The maximum Gasteiger partial charge on any atom is 0.255 e. The zero-order chi connectivity index (χ0) is 17.7. The van der Waals surface area contributed by atoms with Crippen molar-refractivity contribution in [3.63, 3.8) is 0 Å². The van der Waals surface area contributed by atoms with Gasteiger partial charge in [0.15, 0.2) is 5.65 Å². The van der Waals surface area contributed by atoms with Gasteiger partial charge in [-0.1, -0.05) is 37.3 Å². The summed E-state index contributed by atoms with van der Waals surface area (Å²) in [5, 5.41) is 0. The van der Waals surface area contributed by atoms with Gasteiger partial charge in [-0.15, -0.1) is 0 Å². The summed E-state index contributed by atoms with van der Waals surface area (Å²) in [6.07, 6.45) is 5.72. The molecule has 1 aliphatic heterocycles. The molecule has 1 aliphatic carbocycles. The fraction of sp³-hybridized carbons (Fsp3) is 0.381. The highest BCUT2D eigenvalue weighted by molar-refractivity contribution is 5.96. The number of rotatable bonds is 4. The Kier molecular flexibility index (Phi) is 3.39. The maximum absolute atomic E-state index is 12.8. The minimum Gasteiger partial charge on any atom is -0.338 e. The number of piperidine rings is 1. The first kappa shape index (κ1) is 15.6. The second-order valence-electron chi connectivity index (χ2n) is 7.98. The van der Waals surface area contributed by atoms with Crippen LogP contribution in [0.5, 0.6) is 0 Å². The summed E-state index contributed by atoms with van der Waals surface area (Å²) in [7, 11) is 0. The smallest absolute Gasteiger partial charge is 0.255 e. The molecule has 2 aliphatic rings. The van der Waals surface area contributed by atoms with Gasteiger partial charge in [-0.25, -0.2) is 9.97 Å². The number of amides is 1. The lowest BCUT2D eigenvalue weighted by atomic mass is 10.1. The number of nitrogens with zero attached hydrogens (tertiary/aromatic N) is 4. The molecule has 0 unspecified atom stereocenters. The Labute approximate surface area is 152 Å². The molecule has 26 heavy (non-hydrogen) atoms. The van der Waals surface area contributed by atoms with E-state index in [0.717, 1.165) is 37.2 Å². The lowest BCUT2D eigenvalue weighted by Crippen LogP contribution is -2.31. The maximum atomic E-state index is 12.8. The van der Waals surface area contributed by atoms with E-state index in [1.807, 2.05) is 23.4 Å². The third kappa shape index (κ3) is 2.59. The van der Waals surface area contributed by atoms with Gasteiger partial charge in [-0.3, -0.25) is 4.79 Å². The Morgan fingerprint density at radius 2 is 2.12 bits per heavy atom. The fourth-order valence-corrected chi connectivity index (χ4v) is 4.21. The van der Waals surface area contributed by atoms with Gasteiger partial charge < -0.3 is 9.47 Å². The summed E-state index contributed by atoms with van der Waals surface area (Å²) in [6.45, 7) is 4.87. The number of carbonyl (C=O) groups excluding carboxylic acids is 1. The van der Waals surface area contributed by atoms with Crippen molar-refractivity contribution in [3.05, 3.63) is 60.0 Å². The lowest BCUT2D eigenvalue weighted by molar-refractivity contribution is 0.0766. The van der Waals surface area contributed by atoms with Crippen molar-refractivity contribution in [1.82, 2.24) is 19.4 Å². The predicted molar refractivity (Wildman–Crippen MR) is 99.8 cm³/mol. The first-order valence-corrected chi connectivity index (χ1v) is 9.26. The van der Waals surface area contributed by atoms with Crippen LogP contribution in [0.2, 0.25) is 0 Å². The van der Waals surface area contributed by atoms with Crippen LogP contribution in [0.1, 0.15) is 29.3 Å². The molecule has 1 aromatic carbocycles. The molecular formula is C21H22N4O. The van der Waals surface area contributed by atoms with Gasteiger partial charge in [-0.05, 0) is 35.8 Å². The van der Waals surface area contributed by atoms with Gasteiger partial charge in [-0.2, -0.15) is 0 Å². The molecule has 3 heterocycles. The van der Waals surface area contributed by atoms with E-state index >= 15 is 0 Å². The van der Waals surface area contributed by atoms with Gasteiger partial charge in [0.2, 0.25) is 0 Å². The number of carbonyl (C=O) groups is 1. The van der Waals surface area contributed by atoms with Gasteiger partial charge in [0.05, 0.1) is 11.9 Å². The quantitative estimate of drug-likeness (QED) is 0.729. The minimum absolute atomic E-state index is 0.0895. The van der Waals surface area contributed by atoms with E-state index in [1.54, 1.807) is 6.20 Å². The second-order valence-corrected chi connectivity index (χ2v) is 7.98. The van der Waals surface area contributed by atoms with Crippen LogP contribution in [-0.2, 0) is 13.0 Å². The first-order chi connectivity index (χ1) is 12.6. The van der Waals surface area contributed by atoms with Gasteiger partial charge in [0.25, 0.3) is 5.91 Å². The number of fused-ring (bicyclic) bond motifs is 2. The third-order valence-electron chi connectivity index (χ3n) is 6.00. The highest BCUT2D eigenvalue weighted by Crippen LogP contribution is 2.57. The molecule has 1 amide bonds. The highest BCUT2D eigenvalue weighted by Gasteiger charge is 2.57. The minimum atomic E-state index is 0.0895. The molecule has 2 fully saturated rings. The number of aryl methyl sites for hydroxylation is 2. The summed E-state index contributed by atoms with van der Waals surface area (Å²) in [5.41, 5.74) is 3.94. The van der Waals surface area contributed by atoms with Crippen LogP contribution in [0.4, 0.5) is 0 Å². The number of likely N-dealkylation sites (tertiary alicyclic amines) is 1. The van der Waals surface area contributed by atoms with E-state index in [2.05, 4.69) is 45.7 Å². The zero-order valence-corrected chi connectivity index (χ0v) is 14.9. The zero-order valence-electron chi connectivity index (χ0n) is 14.9. The fourth-order valence-electron chi connectivity index (χ4n) is 4.21. The lowest BCUT2D eigenvalue weighted by Gasteiger charge is -2.19. The van der Waals surface area contributed by atoms with E-state index in [0.29, 0.717) is 16.9 Å². The van der Waals surface area contributed by atoms with Crippen molar-refractivity contribution in [2.75, 3.05) is 13.1 Å². The molecule has 5 rings (SSSR count). The number of hydrogen-bond donors (Lipinski definition) is 0. The molecular weight excluding hydrogens is 324 g/mol. The summed E-state index contributed by atoms with van der Waals surface area (Å²) in [4.78, 5) is 23.8. The number of imidazole rings is 1. The predicted octanol–water partition coefficient (Wildman–Crippen LogP) is 3.16. The van der Waals surface area contributed by atoms with Crippen LogP contribution in [0.15, 0.2) is 48.9 Å². The van der Waals surface area contributed by atoms with Crippen molar-refractivity contribution < 1.29 is 4.79 Å². The number of pyridine rings is 1. The largest absolute Gasteiger partial charge is 0.338 e. The van der Waals surface area contributed by atoms with Crippen molar-refractivity contribution in [2.24, 2.45) is 11.3 Å². The Morgan fingerprint density at radius 1 is 1.27 bits per heavy atom. The van der Waals surface area contributed by atoms with E-state index in [1.165, 1.54) is 12.0 Å². The van der Waals surface area contributed by atoms with Crippen molar-refractivity contribution in [3.8, 4) is 0 Å². The molecule has 0 radical (unpaired) electrons. The summed E-state index contributed by atoms with van der Waals surface area (Å²) >= 11 is 0. The topological polar surface area (TPSA) is 51.0 Å². The Hall–Kier alpha value is -2.69. The van der Waals surface area contributed by atoms with E-state index < -0.39 is 0 Å². The molecule has 132 valence electrons. The molecule has 0 N–H and O–H groups in total. The summed E-state index contributed by atoms with van der Waals surface area (Å²) in [5.74, 6) is 0.784. The van der Waals surface area contributed by atoms with Gasteiger partial charge in [0.1, 0.15) is 5.52 Å². The third-order valence-corrected chi connectivity index (χ3v) is 6.00. The summed E-state index contributed by atoms with van der Waals surface area (Å²) in [6, 6.07) is 12.3. The second kappa shape index (κ2) is 5.66. The van der Waals surface area contributed by atoms with E-state index in [9.17, 15) is 4.79 Å². The van der Waals surface area contributed by atoms with Crippen molar-refractivity contribution >= 4 is 17.1 Å². The average Bonchev–Trinajstić information content (AvgIpc) is 3.00. The monoisotopic (exact) mass is 346 g/mol. The van der Waals surface area contributed by atoms with Crippen LogP contribution < -0.4 is 0 Å². The number of aromatic nitrogens is 3. The van der Waals surface area contributed by atoms with Crippen LogP contribution in [0.3, 0.4) is 0 Å². The van der Waals surface area contributed by atoms with E-state index in [-0.39, 0.29) is 5.91 Å². The molecule has 1 saturated carbocycles. The standard InChI is InChI=1S/C21H22N4O/c1-21-10-17(21)12-25(13-21)20(26)16-9-18-19(22-11-16)24(14-23-18)8-7-15-5-3-2-4-6-15/h2-6,9,11,14,17H,7-8,10,12-13H2,1H3/t17-,21+/m0/s1. The van der Waals surface area contributed by atoms with Crippen LogP contribution >= 0.6 is 0 Å². The SMILES string of the molecule is C[C@]12C[C@H]1CN(C(=O)c1cnc3c(c1)ncn3CCc1ccccc1)C2. The van der Waals surface area contributed by atoms with Crippen molar-refractivity contribution in [1.29, 1.82) is 0 Å². The molecule has 3 aromatic rings. The summed E-state index contributed by atoms with van der Waals surface area (Å²) < 4.78 is 2.06. The molecule has 2 aromatic heterocycles. The van der Waals surface area contributed by atoms with E-state index in [4.69, 9.17) is 0 Å². The molecule has 0 bridgehead atoms. The molecule has 5 heteroatoms. The van der Waals surface area contributed by atoms with Crippen LogP contribution in [0.25, 0.3) is 11.2 Å². The Morgan fingerprint density at radius 3 is 2.88 bits per heavy atom. The Balaban J connectivity index is 1.33. The number of benzene rings is 1. The first-order valence-electron chi connectivity index (χ1n) is 9.26. The van der Waals surface area contributed by atoms with Crippen LogP contribution in [-0.4, -0.2) is 38.4 Å². The van der Waals surface area contributed by atoms with Crippen LogP contribution in [0, 0.1) is 11.3 Å².